The third kappa shape index (κ3) is 2.47. The first kappa shape index (κ1) is 10.5. The molecule has 4 nitrogen and oxygen atoms in total. The lowest BCUT2D eigenvalue weighted by molar-refractivity contribution is -0.146. The van der Waals surface area contributed by atoms with Crippen LogP contribution >= 0.6 is 0 Å². The molecule has 1 rings (SSSR count). The third-order valence-corrected chi connectivity index (χ3v) is 1.89. The Bertz CT molecular complexity index is 322. The Kier molecular flexibility index (Phi) is 3.48. The number of aliphatic hydroxyl groups is 1. The van der Waals surface area contributed by atoms with Gasteiger partial charge >= 0.3 is 5.97 Å². The average Bonchev–Trinajstić information content (AvgIpc) is 2.18. The van der Waals surface area contributed by atoms with E-state index in [9.17, 15) is 4.79 Å². The molecular formula is C10H12O4. The number of aliphatic carboxylic acids is 1. The molecule has 1 aromatic carbocycles. The number of benzene rings is 1. The van der Waals surface area contributed by atoms with Crippen LogP contribution in [0.3, 0.4) is 0 Å². The van der Waals surface area contributed by atoms with E-state index in [0.29, 0.717) is 11.3 Å². The minimum Gasteiger partial charge on any atom is -0.496 e. The summed E-state index contributed by atoms with van der Waals surface area (Å²) < 4.78 is 5.02. The Hall–Kier alpha value is -1.55. The minimum atomic E-state index is -1.38. The smallest absolute Gasteiger partial charge is 0.332 e. The van der Waals surface area contributed by atoms with Crippen LogP contribution in [-0.4, -0.2) is 29.4 Å². The van der Waals surface area contributed by atoms with Crippen LogP contribution in [0.4, 0.5) is 0 Å². The molecule has 0 fully saturated rings. The van der Waals surface area contributed by atoms with Gasteiger partial charge in [0.05, 0.1) is 7.11 Å². The lowest BCUT2D eigenvalue weighted by Gasteiger charge is -2.09. The number of para-hydroxylation sites is 1. The van der Waals surface area contributed by atoms with Gasteiger partial charge in [0.15, 0.2) is 6.10 Å². The highest BCUT2D eigenvalue weighted by atomic mass is 16.5. The fraction of sp³-hybridized carbons (Fsp3) is 0.300. The molecule has 0 aromatic heterocycles. The number of aliphatic hydroxyl groups excluding tert-OH is 1. The summed E-state index contributed by atoms with van der Waals surface area (Å²) >= 11 is 0. The van der Waals surface area contributed by atoms with E-state index in [-0.39, 0.29) is 6.42 Å². The molecule has 0 heterocycles. The second-order valence-corrected chi connectivity index (χ2v) is 2.87. The molecule has 1 atom stereocenters. The highest BCUT2D eigenvalue weighted by Gasteiger charge is 2.15. The summed E-state index contributed by atoms with van der Waals surface area (Å²) in [7, 11) is 1.51. The van der Waals surface area contributed by atoms with Crippen molar-refractivity contribution in [2.75, 3.05) is 7.11 Å². The summed E-state index contributed by atoms with van der Waals surface area (Å²) in [6.07, 6.45) is -1.33. The van der Waals surface area contributed by atoms with Crippen LogP contribution < -0.4 is 4.74 Å². The number of carboxylic acid groups (broad SMARTS) is 1. The van der Waals surface area contributed by atoms with E-state index in [2.05, 4.69) is 0 Å². The standard InChI is InChI=1S/C10H12O4/c1-14-9-5-3-2-4-7(9)6-8(11)10(12)13/h2-5,8,11H,6H2,1H3,(H,12,13). The summed E-state index contributed by atoms with van der Waals surface area (Å²) in [5.74, 6) is -0.635. The predicted molar refractivity (Wildman–Crippen MR) is 50.3 cm³/mol. The van der Waals surface area contributed by atoms with Gasteiger partial charge in [-0.3, -0.25) is 0 Å². The molecule has 0 aliphatic rings. The van der Waals surface area contributed by atoms with Gasteiger partial charge in [0.25, 0.3) is 0 Å². The molecule has 0 bridgehead atoms. The molecule has 0 aliphatic carbocycles. The van der Waals surface area contributed by atoms with Gasteiger partial charge in [-0.25, -0.2) is 4.79 Å². The number of hydrogen-bond donors (Lipinski definition) is 2. The first-order valence-corrected chi connectivity index (χ1v) is 4.18. The second-order valence-electron chi connectivity index (χ2n) is 2.87. The van der Waals surface area contributed by atoms with Crippen LogP contribution in [-0.2, 0) is 11.2 Å². The van der Waals surface area contributed by atoms with E-state index >= 15 is 0 Å². The van der Waals surface area contributed by atoms with Gasteiger partial charge in [0.1, 0.15) is 5.75 Å². The van der Waals surface area contributed by atoms with Crippen molar-refractivity contribution in [2.45, 2.75) is 12.5 Å². The lowest BCUT2D eigenvalue weighted by atomic mass is 10.1. The molecule has 4 heteroatoms. The topological polar surface area (TPSA) is 66.8 Å². The van der Waals surface area contributed by atoms with Crippen molar-refractivity contribution in [3.63, 3.8) is 0 Å². The quantitative estimate of drug-likeness (QED) is 0.743. The zero-order valence-corrected chi connectivity index (χ0v) is 7.80. The number of hydrogen-bond acceptors (Lipinski definition) is 3. The normalized spacial score (nSPS) is 12.1. The number of carbonyl (C=O) groups is 1. The molecule has 0 saturated carbocycles. The molecule has 0 aliphatic heterocycles. The van der Waals surface area contributed by atoms with Crippen LogP contribution in [0.5, 0.6) is 5.75 Å². The lowest BCUT2D eigenvalue weighted by Crippen LogP contribution is -2.22. The van der Waals surface area contributed by atoms with Gasteiger partial charge < -0.3 is 14.9 Å². The van der Waals surface area contributed by atoms with Crippen molar-refractivity contribution in [1.29, 1.82) is 0 Å². The first-order chi connectivity index (χ1) is 6.65. The van der Waals surface area contributed by atoms with Gasteiger partial charge in [0, 0.05) is 6.42 Å². The van der Waals surface area contributed by atoms with Crippen LogP contribution in [0, 0.1) is 0 Å². The van der Waals surface area contributed by atoms with Gasteiger partial charge in [0.2, 0.25) is 0 Å². The van der Waals surface area contributed by atoms with Crippen LogP contribution in [0.25, 0.3) is 0 Å². The maximum Gasteiger partial charge on any atom is 0.332 e. The van der Waals surface area contributed by atoms with Crippen LogP contribution in [0.1, 0.15) is 5.56 Å². The van der Waals surface area contributed by atoms with E-state index in [4.69, 9.17) is 14.9 Å². The monoisotopic (exact) mass is 196 g/mol. The molecule has 0 spiro atoms. The molecule has 0 saturated heterocycles. The Balaban J connectivity index is 2.80. The van der Waals surface area contributed by atoms with Crippen LogP contribution in [0.2, 0.25) is 0 Å². The van der Waals surface area contributed by atoms with Crippen molar-refractivity contribution >= 4 is 5.97 Å². The molecule has 1 aromatic rings. The summed E-state index contributed by atoms with van der Waals surface area (Å²) in [5, 5.41) is 17.7. The SMILES string of the molecule is COc1ccccc1CC(O)C(=O)O. The first-order valence-electron chi connectivity index (χ1n) is 4.18. The number of carboxylic acids is 1. The van der Waals surface area contributed by atoms with Crippen molar-refractivity contribution in [2.24, 2.45) is 0 Å². The highest BCUT2D eigenvalue weighted by molar-refractivity contribution is 5.72. The van der Waals surface area contributed by atoms with Gasteiger partial charge in [-0.1, -0.05) is 18.2 Å². The van der Waals surface area contributed by atoms with Gasteiger partial charge in [-0.05, 0) is 11.6 Å². The maximum absolute atomic E-state index is 10.4. The predicted octanol–water partition coefficient (Wildman–Crippen LogP) is 0.683. The van der Waals surface area contributed by atoms with E-state index in [1.54, 1.807) is 24.3 Å². The largest absolute Gasteiger partial charge is 0.496 e. The summed E-state index contributed by atoms with van der Waals surface area (Å²) in [6.45, 7) is 0. The molecule has 1 unspecified atom stereocenters. The molecule has 14 heavy (non-hydrogen) atoms. The van der Waals surface area contributed by atoms with E-state index in [0.717, 1.165) is 0 Å². The van der Waals surface area contributed by atoms with Gasteiger partial charge in [-0.2, -0.15) is 0 Å². The third-order valence-electron chi connectivity index (χ3n) is 1.89. The highest BCUT2D eigenvalue weighted by Crippen LogP contribution is 2.18. The fourth-order valence-corrected chi connectivity index (χ4v) is 1.17. The van der Waals surface area contributed by atoms with E-state index in [1.807, 2.05) is 0 Å². The zero-order chi connectivity index (χ0) is 10.6. The maximum atomic E-state index is 10.4. The summed E-state index contributed by atoms with van der Waals surface area (Å²) in [5.41, 5.74) is 0.685. The molecule has 2 N–H and O–H groups in total. The Labute approximate surface area is 81.8 Å². The van der Waals surface area contributed by atoms with Crippen molar-refractivity contribution < 1.29 is 19.7 Å². The minimum absolute atomic E-state index is 0.0549. The average molecular weight is 196 g/mol. The number of methoxy groups -OCH3 is 1. The van der Waals surface area contributed by atoms with Crippen molar-refractivity contribution in [1.82, 2.24) is 0 Å². The fourth-order valence-electron chi connectivity index (χ4n) is 1.17. The van der Waals surface area contributed by atoms with E-state index < -0.39 is 12.1 Å². The molecule has 0 radical (unpaired) electrons. The van der Waals surface area contributed by atoms with E-state index in [1.165, 1.54) is 7.11 Å². The summed E-state index contributed by atoms with van der Waals surface area (Å²) in [4.78, 5) is 10.4. The Morgan fingerprint density at radius 1 is 1.50 bits per heavy atom. The van der Waals surface area contributed by atoms with Gasteiger partial charge in [-0.15, -0.1) is 0 Å². The van der Waals surface area contributed by atoms with Crippen molar-refractivity contribution in [3.8, 4) is 5.75 Å². The Morgan fingerprint density at radius 2 is 2.14 bits per heavy atom. The Morgan fingerprint density at radius 3 is 2.71 bits per heavy atom. The molecule has 0 amide bonds. The second kappa shape index (κ2) is 4.62. The number of rotatable bonds is 4. The van der Waals surface area contributed by atoms with Crippen LogP contribution in [0.15, 0.2) is 24.3 Å². The summed E-state index contributed by atoms with van der Waals surface area (Å²) in [6, 6.07) is 7.01. The number of ether oxygens (including phenoxy) is 1. The molecule has 76 valence electrons. The molecular weight excluding hydrogens is 184 g/mol. The van der Waals surface area contributed by atoms with Crippen molar-refractivity contribution in [3.05, 3.63) is 29.8 Å². The zero-order valence-electron chi connectivity index (χ0n) is 7.80.